The molecule has 1 aliphatic rings. The minimum atomic E-state index is -0.371. The van der Waals surface area contributed by atoms with Crippen LogP contribution < -0.4 is 9.64 Å². The number of aromatic hydroxyl groups is 1. The predicted octanol–water partition coefficient (Wildman–Crippen LogP) is 4.33. The number of hydrogen-bond donors (Lipinski definition) is 1. The second kappa shape index (κ2) is 8.42. The molecule has 0 bridgehead atoms. The van der Waals surface area contributed by atoms with Crippen LogP contribution in [0.5, 0.6) is 11.5 Å². The van der Waals surface area contributed by atoms with E-state index in [9.17, 15) is 15.2 Å². The lowest BCUT2D eigenvalue weighted by Crippen LogP contribution is -2.30. The molecule has 7 nitrogen and oxygen atoms in total. The van der Waals surface area contributed by atoms with Crippen molar-refractivity contribution >= 4 is 11.4 Å². The third-order valence-corrected chi connectivity index (χ3v) is 5.42. The number of nitro benzene ring substituents is 1. The highest BCUT2D eigenvalue weighted by atomic mass is 16.6. The third-order valence-electron chi connectivity index (χ3n) is 5.42. The molecule has 0 aliphatic carbocycles. The molecular weight excluding hydrogens is 382 g/mol. The van der Waals surface area contributed by atoms with Crippen LogP contribution in [0.15, 0.2) is 72.8 Å². The maximum atomic E-state index is 11.3. The van der Waals surface area contributed by atoms with Gasteiger partial charge in [-0.15, -0.1) is 0 Å². The average molecular weight is 405 g/mol. The van der Waals surface area contributed by atoms with Crippen molar-refractivity contribution in [3.8, 4) is 11.5 Å². The van der Waals surface area contributed by atoms with Crippen molar-refractivity contribution in [3.63, 3.8) is 0 Å². The number of anilines is 1. The number of nitrogens with zero attached hydrogens (tertiary/aromatic N) is 3. The quantitative estimate of drug-likeness (QED) is 0.486. The molecule has 154 valence electrons. The van der Waals surface area contributed by atoms with Gasteiger partial charge in [-0.2, -0.15) is 0 Å². The second-order valence-corrected chi connectivity index (χ2v) is 7.22. The van der Waals surface area contributed by atoms with E-state index in [1.54, 1.807) is 31.4 Å². The lowest BCUT2D eigenvalue weighted by Gasteiger charge is -2.32. The van der Waals surface area contributed by atoms with Crippen molar-refractivity contribution in [1.82, 2.24) is 4.90 Å². The number of para-hydroxylation sites is 1. The molecule has 0 aromatic heterocycles. The summed E-state index contributed by atoms with van der Waals surface area (Å²) in [6, 6.07) is 21.8. The van der Waals surface area contributed by atoms with E-state index in [4.69, 9.17) is 4.74 Å². The molecule has 4 rings (SSSR count). The molecule has 1 fully saturated rings. The van der Waals surface area contributed by atoms with Gasteiger partial charge in [0.15, 0.2) is 0 Å². The minimum absolute atomic E-state index is 0.0663. The van der Waals surface area contributed by atoms with E-state index in [0.717, 1.165) is 35.7 Å². The van der Waals surface area contributed by atoms with E-state index < -0.39 is 0 Å². The fourth-order valence-electron chi connectivity index (χ4n) is 3.94. The second-order valence-electron chi connectivity index (χ2n) is 7.22. The Hall–Kier alpha value is -3.58. The molecule has 1 unspecified atom stereocenters. The maximum Gasteiger partial charge on any atom is 0.269 e. The molecule has 0 amide bonds. The van der Waals surface area contributed by atoms with E-state index >= 15 is 0 Å². The average Bonchev–Trinajstić information content (AvgIpc) is 3.19. The van der Waals surface area contributed by atoms with Crippen molar-refractivity contribution in [1.29, 1.82) is 0 Å². The van der Waals surface area contributed by atoms with Crippen molar-refractivity contribution in [3.05, 3.63) is 94.0 Å². The standard InChI is InChI=1S/C23H23N3O4/c1-30-21-11-9-19(10-12-21)25-14-13-24(16-18-5-2-3-8-22(18)27)23(25)17-6-4-7-20(15-17)26(28)29/h2-12,15,23,27H,13-14,16H2,1H3. The number of non-ortho nitro benzene ring substituents is 1. The zero-order valence-electron chi connectivity index (χ0n) is 16.6. The van der Waals surface area contributed by atoms with E-state index in [1.807, 2.05) is 42.5 Å². The van der Waals surface area contributed by atoms with Gasteiger partial charge in [0, 0.05) is 43.0 Å². The van der Waals surface area contributed by atoms with Gasteiger partial charge in [0.1, 0.15) is 17.7 Å². The molecule has 7 heteroatoms. The highest BCUT2D eigenvalue weighted by Crippen LogP contribution is 2.37. The molecule has 1 heterocycles. The lowest BCUT2D eigenvalue weighted by molar-refractivity contribution is -0.384. The number of ether oxygens (including phenoxy) is 1. The highest BCUT2D eigenvalue weighted by molar-refractivity contribution is 5.53. The fourth-order valence-corrected chi connectivity index (χ4v) is 3.94. The van der Waals surface area contributed by atoms with Gasteiger partial charge >= 0.3 is 0 Å². The Bertz CT molecular complexity index is 1040. The summed E-state index contributed by atoms with van der Waals surface area (Å²) in [6.45, 7) is 2.05. The summed E-state index contributed by atoms with van der Waals surface area (Å²) in [5.41, 5.74) is 2.74. The van der Waals surface area contributed by atoms with Gasteiger partial charge in [0.05, 0.1) is 12.0 Å². The molecule has 3 aromatic carbocycles. The number of methoxy groups -OCH3 is 1. The normalized spacial score (nSPS) is 16.6. The van der Waals surface area contributed by atoms with Gasteiger partial charge in [0.25, 0.3) is 5.69 Å². The zero-order chi connectivity index (χ0) is 21.1. The molecule has 1 saturated heterocycles. The molecule has 3 aromatic rings. The van der Waals surface area contributed by atoms with Gasteiger partial charge in [-0.25, -0.2) is 0 Å². The van der Waals surface area contributed by atoms with Crippen LogP contribution in [0.3, 0.4) is 0 Å². The van der Waals surface area contributed by atoms with Crippen LogP contribution in [0, 0.1) is 10.1 Å². The summed E-state index contributed by atoms with van der Waals surface area (Å²) in [6.07, 6.45) is -0.196. The summed E-state index contributed by atoms with van der Waals surface area (Å²) in [5, 5.41) is 21.6. The van der Waals surface area contributed by atoms with Crippen molar-refractivity contribution in [2.75, 3.05) is 25.1 Å². The molecule has 1 N–H and O–H groups in total. The SMILES string of the molecule is COc1ccc(N2CCN(Cc3ccccc3O)C2c2cccc([N+](=O)[O-])c2)cc1. The van der Waals surface area contributed by atoms with Crippen LogP contribution in [0.2, 0.25) is 0 Å². The van der Waals surface area contributed by atoms with Crippen LogP contribution in [-0.4, -0.2) is 35.1 Å². The van der Waals surface area contributed by atoms with Crippen molar-refractivity contribution in [2.45, 2.75) is 12.7 Å². The first kappa shape index (κ1) is 19.7. The van der Waals surface area contributed by atoms with E-state index in [0.29, 0.717) is 6.54 Å². The molecular formula is C23H23N3O4. The molecule has 30 heavy (non-hydrogen) atoms. The predicted molar refractivity (Wildman–Crippen MR) is 115 cm³/mol. The van der Waals surface area contributed by atoms with Crippen LogP contribution in [-0.2, 0) is 6.54 Å². The Morgan fingerprint density at radius 3 is 2.53 bits per heavy atom. The van der Waals surface area contributed by atoms with Gasteiger partial charge in [-0.05, 0) is 35.9 Å². The van der Waals surface area contributed by atoms with Crippen molar-refractivity contribution < 1.29 is 14.8 Å². The lowest BCUT2D eigenvalue weighted by atomic mass is 10.1. The summed E-state index contributed by atoms with van der Waals surface area (Å²) in [5.74, 6) is 1.02. The largest absolute Gasteiger partial charge is 0.508 e. The van der Waals surface area contributed by atoms with Crippen molar-refractivity contribution in [2.24, 2.45) is 0 Å². The number of phenolic OH excluding ortho intramolecular Hbond substituents is 1. The maximum absolute atomic E-state index is 11.3. The number of nitro groups is 1. The number of hydrogen-bond acceptors (Lipinski definition) is 6. The van der Waals surface area contributed by atoms with Gasteiger partial charge in [-0.3, -0.25) is 15.0 Å². The Kier molecular flexibility index (Phi) is 5.54. The summed E-state index contributed by atoms with van der Waals surface area (Å²) in [7, 11) is 1.63. The highest BCUT2D eigenvalue weighted by Gasteiger charge is 2.34. The number of benzene rings is 3. The summed E-state index contributed by atoms with van der Waals surface area (Å²) >= 11 is 0. The summed E-state index contributed by atoms with van der Waals surface area (Å²) < 4.78 is 5.27. The van der Waals surface area contributed by atoms with Gasteiger partial charge in [0.2, 0.25) is 0 Å². The van der Waals surface area contributed by atoms with Gasteiger partial charge < -0.3 is 14.7 Å². The van der Waals surface area contributed by atoms with Crippen LogP contribution in [0.25, 0.3) is 0 Å². The van der Waals surface area contributed by atoms with Crippen LogP contribution in [0.1, 0.15) is 17.3 Å². The van der Waals surface area contributed by atoms with Crippen LogP contribution >= 0.6 is 0 Å². The van der Waals surface area contributed by atoms with Gasteiger partial charge in [-0.1, -0.05) is 30.3 Å². The number of rotatable bonds is 6. The molecule has 0 radical (unpaired) electrons. The first-order valence-corrected chi connectivity index (χ1v) is 9.73. The zero-order valence-corrected chi connectivity index (χ0v) is 16.6. The molecule has 1 atom stereocenters. The summed E-state index contributed by atoms with van der Waals surface area (Å²) in [4.78, 5) is 15.4. The fraction of sp³-hybridized carbons (Fsp3) is 0.217. The Morgan fingerprint density at radius 2 is 1.83 bits per heavy atom. The Labute approximate surface area is 174 Å². The molecule has 0 spiro atoms. The topological polar surface area (TPSA) is 79.1 Å². The monoisotopic (exact) mass is 405 g/mol. The smallest absolute Gasteiger partial charge is 0.269 e. The first-order chi connectivity index (χ1) is 14.6. The van der Waals surface area contributed by atoms with E-state index in [2.05, 4.69) is 9.80 Å². The Morgan fingerprint density at radius 1 is 1.07 bits per heavy atom. The third kappa shape index (κ3) is 3.92. The number of phenols is 1. The van der Waals surface area contributed by atoms with E-state index in [-0.39, 0.29) is 22.5 Å². The van der Waals surface area contributed by atoms with Crippen LogP contribution in [0.4, 0.5) is 11.4 Å². The molecule has 0 saturated carbocycles. The minimum Gasteiger partial charge on any atom is -0.508 e. The van der Waals surface area contributed by atoms with E-state index in [1.165, 1.54) is 6.07 Å². The first-order valence-electron chi connectivity index (χ1n) is 9.73. The Balaban J connectivity index is 1.72. The molecule has 1 aliphatic heterocycles.